The lowest BCUT2D eigenvalue weighted by molar-refractivity contribution is -0.332. The number of rotatable bonds is 5. The normalized spacial score (nSPS) is 16.5. The van der Waals surface area contributed by atoms with Gasteiger partial charge < -0.3 is 9.66 Å². The second kappa shape index (κ2) is 6.35. The van der Waals surface area contributed by atoms with E-state index in [1.807, 2.05) is 0 Å². The summed E-state index contributed by atoms with van der Waals surface area (Å²) in [6.07, 6.45) is -5.16. The molecule has 0 radical (unpaired) electrons. The minimum atomic E-state index is -5.16. The van der Waals surface area contributed by atoms with Crippen LogP contribution in [0.25, 0.3) is 0 Å². The van der Waals surface area contributed by atoms with Gasteiger partial charge in [-0.25, -0.2) is 0 Å². The maximum absolute atomic E-state index is 13.5. The highest BCUT2D eigenvalue weighted by molar-refractivity contribution is 7.90. The van der Waals surface area contributed by atoms with Crippen LogP contribution in [0.4, 0.5) is 17.6 Å². The van der Waals surface area contributed by atoms with Crippen LogP contribution in [0.3, 0.4) is 0 Å². The molecule has 0 saturated heterocycles. The molecule has 2 atom stereocenters. The molecule has 0 saturated carbocycles. The number of hydrogen-bond acceptors (Lipinski definition) is 3. The molecule has 0 spiro atoms. The van der Waals surface area contributed by atoms with Crippen molar-refractivity contribution in [2.45, 2.75) is 50.5 Å². The Morgan fingerprint density at radius 2 is 1.73 bits per heavy atom. The first kappa shape index (κ1) is 19.2. The Labute approximate surface area is 130 Å². The summed E-state index contributed by atoms with van der Waals surface area (Å²) in [6, 6.07) is 3.71. The van der Waals surface area contributed by atoms with E-state index in [0.29, 0.717) is 0 Å². The third kappa shape index (κ3) is 4.34. The summed E-state index contributed by atoms with van der Waals surface area (Å²) in [4.78, 5) is 0. The van der Waals surface area contributed by atoms with Crippen molar-refractivity contribution in [1.82, 2.24) is 4.72 Å². The summed E-state index contributed by atoms with van der Waals surface area (Å²) in [5.74, 6) is -4.70. The van der Waals surface area contributed by atoms with Gasteiger partial charge in [-0.3, -0.25) is 0 Å². The molecular weight excluding hydrogens is 322 g/mol. The van der Waals surface area contributed by atoms with E-state index >= 15 is 0 Å². The molecule has 0 bridgehead atoms. The highest BCUT2D eigenvalue weighted by atomic mass is 32.2. The van der Waals surface area contributed by atoms with Crippen molar-refractivity contribution in [3.8, 4) is 0 Å². The van der Waals surface area contributed by atoms with E-state index in [1.54, 1.807) is 27.7 Å². The summed E-state index contributed by atoms with van der Waals surface area (Å²) < 4.78 is 66.4. The van der Waals surface area contributed by atoms with Crippen LogP contribution in [0.5, 0.6) is 0 Å². The molecule has 2 N–H and O–H groups in total. The Bertz CT molecular complexity index is 514. The maximum Gasteiger partial charge on any atom is 0.421 e. The first-order valence-corrected chi connectivity index (χ1v) is 7.68. The average molecular weight is 341 g/mol. The molecule has 126 valence electrons. The van der Waals surface area contributed by atoms with E-state index in [0.717, 1.165) is 12.1 Å². The second-order valence-corrected chi connectivity index (χ2v) is 7.96. The molecule has 1 aromatic rings. The fourth-order valence-corrected chi connectivity index (χ4v) is 2.39. The van der Waals surface area contributed by atoms with Gasteiger partial charge in [-0.2, -0.15) is 17.6 Å². The zero-order valence-corrected chi connectivity index (χ0v) is 13.5. The van der Waals surface area contributed by atoms with Crippen molar-refractivity contribution in [2.75, 3.05) is 0 Å². The van der Waals surface area contributed by atoms with Crippen molar-refractivity contribution < 1.29 is 27.2 Å². The number of nitrogens with one attached hydrogen (secondary N) is 1. The van der Waals surface area contributed by atoms with Crippen LogP contribution in [0.2, 0.25) is 0 Å². The third-order valence-corrected chi connectivity index (χ3v) is 4.65. The zero-order valence-electron chi connectivity index (χ0n) is 12.7. The van der Waals surface area contributed by atoms with Crippen LogP contribution >= 0.6 is 0 Å². The molecule has 0 aromatic heterocycles. The van der Waals surface area contributed by atoms with E-state index < -0.39 is 39.7 Å². The number of benzene rings is 1. The minimum Gasteiger partial charge on any atom is -0.598 e. The largest absolute Gasteiger partial charge is 0.598 e. The lowest BCUT2D eigenvalue weighted by Crippen LogP contribution is -2.40. The number of hydrogen-bond donors (Lipinski definition) is 2. The Morgan fingerprint density at radius 1 is 1.18 bits per heavy atom. The van der Waals surface area contributed by atoms with Crippen LogP contribution in [-0.4, -0.2) is 20.5 Å². The third-order valence-electron chi connectivity index (χ3n) is 2.97. The van der Waals surface area contributed by atoms with Gasteiger partial charge in [0, 0.05) is 16.9 Å². The van der Waals surface area contributed by atoms with Crippen LogP contribution in [0, 0.1) is 0 Å². The lowest BCUT2D eigenvalue weighted by atomic mass is 10.0. The summed E-state index contributed by atoms with van der Waals surface area (Å²) in [7, 11) is 0. The molecule has 3 nitrogen and oxygen atoms in total. The SMILES string of the molecule is C[C@H](N[S+]([O-])C(C)(C)C)c1cccc(C(F)(F)C(O)(F)F)c1. The van der Waals surface area contributed by atoms with Gasteiger partial charge in [0.15, 0.2) is 0 Å². The van der Waals surface area contributed by atoms with Crippen molar-refractivity contribution in [3.63, 3.8) is 0 Å². The van der Waals surface area contributed by atoms with Gasteiger partial charge in [0.2, 0.25) is 0 Å². The minimum absolute atomic E-state index is 0.263. The summed E-state index contributed by atoms with van der Waals surface area (Å²) in [5.41, 5.74) is -0.744. The topological polar surface area (TPSA) is 55.3 Å². The van der Waals surface area contributed by atoms with Crippen LogP contribution < -0.4 is 4.72 Å². The van der Waals surface area contributed by atoms with Crippen molar-refractivity contribution in [1.29, 1.82) is 0 Å². The van der Waals surface area contributed by atoms with E-state index in [1.165, 1.54) is 12.1 Å². The van der Waals surface area contributed by atoms with Gasteiger partial charge in [0.25, 0.3) is 0 Å². The molecule has 0 heterocycles. The predicted molar refractivity (Wildman–Crippen MR) is 76.9 cm³/mol. The Hall–Kier alpha value is -0.830. The van der Waals surface area contributed by atoms with E-state index in [9.17, 15) is 22.1 Å². The van der Waals surface area contributed by atoms with Gasteiger partial charge in [0.1, 0.15) is 4.75 Å². The molecule has 0 aliphatic carbocycles. The highest BCUT2D eigenvalue weighted by Gasteiger charge is 2.56. The van der Waals surface area contributed by atoms with Crippen LogP contribution in [-0.2, 0) is 17.3 Å². The molecule has 1 unspecified atom stereocenters. The molecule has 0 fully saturated rings. The summed E-state index contributed by atoms with van der Waals surface area (Å²) in [5, 5.41) is 8.33. The number of alkyl halides is 4. The standard InChI is InChI=1S/C14H19F4NO2S/c1-9(19-22(21)12(2,3)4)10-6-5-7-11(8-10)13(15,16)14(17,18)20/h5-9,19-20H,1-4H3/t9-,22?/m0/s1. The van der Waals surface area contributed by atoms with E-state index in [2.05, 4.69) is 4.72 Å². The van der Waals surface area contributed by atoms with E-state index in [-0.39, 0.29) is 5.56 Å². The molecule has 1 aromatic carbocycles. The highest BCUT2D eigenvalue weighted by Crippen LogP contribution is 2.41. The van der Waals surface area contributed by atoms with Gasteiger partial charge in [0.05, 0.1) is 6.04 Å². The monoisotopic (exact) mass is 341 g/mol. The first-order chi connectivity index (χ1) is 9.76. The van der Waals surface area contributed by atoms with Crippen molar-refractivity contribution in [2.24, 2.45) is 0 Å². The van der Waals surface area contributed by atoms with Gasteiger partial charge in [-0.05, 0) is 39.3 Å². The Morgan fingerprint density at radius 3 is 2.18 bits per heavy atom. The van der Waals surface area contributed by atoms with Crippen molar-refractivity contribution >= 4 is 11.4 Å². The quantitative estimate of drug-likeness (QED) is 0.637. The summed E-state index contributed by atoms with van der Waals surface area (Å²) >= 11 is -1.45. The first-order valence-electron chi connectivity index (χ1n) is 6.53. The van der Waals surface area contributed by atoms with Gasteiger partial charge in [-0.1, -0.05) is 18.2 Å². The fraction of sp³-hybridized carbons (Fsp3) is 0.571. The summed E-state index contributed by atoms with van der Waals surface area (Å²) in [6.45, 7) is 6.79. The predicted octanol–water partition coefficient (Wildman–Crippen LogP) is 3.48. The number of aliphatic hydroxyl groups is 1. The van der Waals surface area contributed by atoms with Gasteiger partial charge >= 0.3 is 12.0 Å². The molecule has 0 aliphatic heterocycles. The lowest BCUT2D eigenvalue weighted by Gasteiger charge is -2.27. The molecule has 22 heavy (non-hydrogen) atoms. The number of halogens is 4. The molecular formula is C14H19F4NO2S. The Balaban J connectivity index is 3.02. The maximum atomic E-state index is 13.5. The zero-order chi connectivity index (χ0) is 17.3. The van der Waals surface area contributed by atoms with Gasteiger partial charge in [-0.15, -0.1) is 4.72 Å². The Kier molecular flexibility index (Phi) is 5.55. The van der Waals surface area contributed by atoms with E-state index in [4.69, 9.17) is 5.11 Å². The average Bonchev–Trinajstić information content (AvgIpc) is 2.36. The second-order valence-electron chi connectivity index (χ2n) is 5.96. The molecule has 1 rings (SSSR count). The molecule has 8 heteroatoms. The molecule has 0 amide bonds. The molecule has 0 aliphatic rings. The van der Waals surface area contributed by atoms with Crippen LogP contribution in [0.15, 0.2) is 24.3 Å². The van der Waals surface area contributed by atoms with Crippen LogP contribution in [0.1, 0.15) is 44.9 Å². The van der Waals surface area contributed by atoms with Crippen molar-refractivity contribution in [3.05, 3.63) is 35.4 Å². The fourth-order valence-electron chi connectivity index (χ4n) is 1.58. The smallest absolute Gasteiger partial charge is 0.421 e.